The van der Waals surface area contributed by atoms with E-state index >= 15 is 0 Å². The van der Waals surface area contributed by atoms with Crippen LogP contribution in [0.2, 0.25) is 0 Å². The second-order valence-corrected chi connectivity index (χ2v) is 8.07. The van der Waals surface area contributed by atoms with Crippen molar-refractivity contribution in [2.45, 2.75) is 25.3 Å². The van der Waals surface area contributed by atoms with E-state index in [9.17, 15) is 8.42 Å². The van der Waals surface area contributed by atoms with E-state index in [1.807, 2.05) is 31.4 Å². The van der Waals surface area contributed by atoms with Gasteiger partial charge in [-0.25, -0.2) is 13.1 Å². The SMILES string of the molecule is COc1cc(C)c(C)cc1S(=O)(=O)NCc1nnc(-c2cccs2)o1. The van der Waals surface area contributed by atoms with Crippen LogP contribution in [0.25, 0.3) is 10.8 Å². The molecule has 0 fully saturated rings. The highest BCUT2D eigenvalue weighted by atomic mass is 32.2. The summed E-state index contributed by atoms with van der Waals surface area (Å²) in [5.74, 6) is 0.850. The topological polar surface area (TPSA) is 94.3 Å². The highest BCUT2D eigenvalue weighted by molar-refractivity contribution is 7.89. The van der Waals surface area contributed by atoms with Gasteiger partial charge in [0.15, 0.2) is 0 Å². The molecule has 25 heavy (non-hydrogen) atoms. The number of thiophene rings is 1. The van der Waals surface area contributed by atoms with Gasteiger partial charge in [-0.15, -0.1) is 21.5 Å². The van der Waals surface area contributed by atoms with Gasteiger partial charge in [0.05, 0.1) is 18.5 Å². The lowest BCUT2D eigenvalue weighted by atomic mass is 10.1. The molecule has 0 spiro atoms. The standard InChI is InChI=1S/C16H17N3O4S2/c1-10-7-12(22-3)14(8-11(10)2)25(20,21)17-9-15-18-19-16(23-15)13-5-4-6-24-13/h4-8,17H,9H2,1-3H3. The van der Waals surface area contributed by atoms with E-state index in [1.54, 1.807) is 12.1 Å². The van der Waals surface area contributed by atoms with Crippen LogP contribution >= 0.6 is 11.3 Å². The van der Waals surface area contributed by atoms with E-state index in [0.29, 0.717) is 11.6 Å². The van der Waals surface area contributed by atoms with Crippen molar-refractivity contribution in [2.75, 3.05) is 7.11 Å². The van der Waals surface area contributed by atoms with Gasteiger partial charge >= 0.3 is 0 Å². The minimum absolute atomic E-state index is 0.0797. The Labute approximate surface area is 149 Å². The normalized spacial score (nSPS) is 11.6. The van der Waals surface area contributed by atoms with Gasteiger partial charge in [0, 0.05) is 0 Å². The van der Waals surface area contributed by atoms with Crippen molar-refractivity contribution in [3.8, 4) is 16.5 Å². The van der Waals surface area contributed by atoms with E-state index < -0.39 is 10.0 Å². The molecule has 0 saturated heterocycles. The van der Waals surface area contributed by atoms with Gasteiger partial charge in [-0.2, -0.15) is 0 Å². The van der Waals surface area contributed by atoms with Crippen LogP contribution in [0.5, 0.6) is 5.75 Å². The maximum atomic E-state index is 12.6. The molecule has 0 bridgehead atoms. The largest absolute Gasteiger partial charge is 0.495 e. The third kappa shape index (κ3) is 3.73. The lowest BCUT2D eigenvalue weighted by Crippen LogP contribution is -2.24. The summed E-state index contributed by atoms with van der Waals surface area (Å²) in [6.45, 7) is 3.64. The Kier molecular flexibility index (Phi) is 4.89. The third-order valence-corrected chi connectivity index (χ3v) is 5.96. The number of aromatic nitrogens is 2. The number of nitrogens with one attached hydrogen (secondary N) is 1. The van der Waals surface area contributed by atoms with Crippen LogP contribution in [-0.4, -0.2) is 25.7 Å². The second-order valence-electron chi connectivity index (χ2n) is 5.39. The summed E-state index contributed by atoms with van der Waals surface area (Å²) in [6.07, 6.45) is 0. The van der Waals surface area contributed by atoms with E-state index in [4.69, 9.17) is 9.15 Å². The zero-order chi connectivity index (χ0) is 18.0. The number of hydrogen-bond donors (Lipinski definition) is 1. The Balaban J connectivity index is 1.80. The van der Waals surface area contributed by atoms with E-state index in [-0.39, 0.29) is 17.3 Å². The predicted molar refractivity (Wildman–Crippen MR) is 94.1 cm³/mol. The van der Waals surface area contributed by atoms with E-state index in [2.05, 4.69) is 14.9 Å². The quantitative estimate of drug-likeness (QED) is 0.708. The summed E-state index contributed by atoms with van der Waals surface area (Å²) < 4.78 is 38.4. The van der Waals surface area contributed by atoms with Crippen LogP contribution in [0.15, 0.2) is 39.0 Å². The molecule has 0 unspecified atom stereocenters. The summed E-state index contributed by atoms with van der Waals surface area (Å²) in [6, 6.07) is 7.01. The van der Waals surface area contributed by atoms with Crippen molar-refractivity contribution in [2.24, 2.45) is 0 Å². The molecule has 3 rings (SSSR count). The first-order chi connectivity index (χ1) is 11.9. The minimum atomic E-state index is -3.79. The van der Waals surface area contributed by atoms with Crippen molar-refractivity contribution in [1.82, 2.24) is 14.9 Å². The molecule has 3 aromatic rings. The zero-order valence-electron chi connectivity index (χ0n) is 13.9. The van der Waals surface area contributed by atoms with Gasteiger partial charge in [0.1, 0.15) is 10.6 Å². The number of sulfonamides is 1. The molecule has 0 aliphatic rings. The number of hydrogen-bond acceptors (Lipinski definition) is 7. The maximum Gasteiger partial charge on any atom is 0.257 e. The number of nitrogens with zero attached hydrogens (tertiary/aromatic N) is 2. The molecule has 0 radical (unpaired) electrons. The smallest absolute Gasteiger partial charge is 0.257 e. The van der Waals surface area contributed by atoms with Gasteiger partial charge in [0.25, 0.3) is 5.89 Å². The van der Waals surface area contributed by atoms with Crippen molar-refractivity contribution in [3.05, 3.63) is 46.7 Å². The van der Waals surface area contributed by atoms with Gasteiger partial charge in [-0.05, 0) is 48.6 Å². The number of methoxy groups -OCH3 is 1. The van der Waals surface area contributed by atoms with Gasteiger partial charge < -0.3 is 9.15 Å². The fraction of sp³-hybridized carbons (Fsp3) is 0.250. The van der Waals surface area contributed by atoms with Crippen molar-refractivity contribution < 1.29 is 17.6 Å². The highest BCUT2D eigenvalue weighted by Gasteiger charge is 2.21. The molecule has 9 heteroatoms. The third-order valence-electron chi connectivity index (χ3n) is 3.68. The molecule has 132 valence electrons. The van der Waals surface area contributed by atoms with Crippen molar-refractivity contribution >= 4 is 21.4 Å². The Morgan fingerprint density at radius 2 is 2.00 bits per heavy atom. The molecule has 0 saturated carbocycles. The fourth-order valence-electron chi connectivity index (χ4n) is 2.19. The van der Waals surface area contributed by atoms with Crippen LogP contribution in [0.3, 0.4) is 0 Å². The molecule has 2 heterocycles. The molecule has 1 aromatic carbocycles. The number of aryl methyl sites for hydroxylation is 2. The molecule has 2 aromatic heterocycles. The first kappa shape index (κ1) is 17.6. The maximum absolute atomic E-state index is 12.6. The van der Waals surface area contributed by atoms with Gasteiger partial charge in [-0.3, -0.25) is 0 Å². The van der Waals surface area contributed by atoms with Crippen molar-refractivity contribution in [3.63, 3.8) is 0 Å². The van der Waals surface area contributed by atoms with E-state index in [0.717, 1.165) is 16.0 Å². The molecule has 0 atom stereocenters. The van der Waals surface area contributed by atoms with Crippen molar-refractivity contribution in [1.29, 1.82) is 0 Å². The molecule has 0 aliphatic heterocycles. The Bertz CT molecular complexity index is 979. The molecule has 1 N–H and O–H groups in total. The Morgan fingerprint density at radius 1 is 1.24 bits per heavy atom. The number of benzene rings is 1. The average molecular weight is 379 g/mol. The van der Waals surface area contributed by atoms with Crippen LogP contribution in [0.4, 0.5) is 0 Å². The zero-order valence-corrected chi connectivity index (χ0v) is 15.6. The first-order valence-electron chi connectivity index (χ1n) is 7.42. The Morgan fingerprint density at radius 3 is 2.68 bits per heavy atom. The summed E-state index contributed by atoms with van der Waals surface area (Å²) in [5, 5.41) is 9.70. The average Bonchev–Trinajstić information content (AvgIpc) is 3.26. The lowest BCUT2D eigenvalue weighted by molar-refractivity contribution is 0.401. The van der Waals surface area contributed by atoms with Gasteiger partial charge in [-0.1, -0.05) is 6.07 Å². The molecular weight excluding hydrogens is 362 g/mol. The monoisotopic (exact) mass is 379 g/mol. The van der Waals surface area contributed by atoms with Gasteiger partial charge in [0.2, 0.25) is 15.9 Å². The summed E-state index contributed by atoms with van der Waals surface area (Å²) in [5.41, 5.74) is 1.81. The summed E-state index contributed by atoms with van der Waals surface area (Å²) in [7, 11) is -2.35. The fourth-order valence-corrected chi connectivity index (χ4v) is 4.04. The lowest BCUT2D eigenvalue weighted by Gasteiger charge is -2.12. The molecule has 0 amide bonds. The number of rotatable bonds is 6. The number of ether oxygens (including phenoxy) is 1. The first-order valence-corrected chi connectivity index (χ1v) is 9.78. The van der Waals surface area contributed by atoms with Crippen LogP contribution in [0.1, 0.15) is 17.0 Å². The van der Waals surface area contributed by atoms with E-state index in [1.165, 1.54) is 18.4 Å². The Hall–Kier alpha value is -2.23. The molecule has 7 nitrogen and oxygen atoms in total. The highest BCUT2D eigenvalue weighted by Crippen LogP contribution is 2.27. The van der Waals surface area contributed by atoms with Crippen LogP contribution in [0, 0.1) is 13.8 Å². The summed E-state index contributed by atoms with van der Waals surface area (Å²) in [4.78, 5) is 0.911. The van der Waals surface area contributed by atoms with Crippen LogP contribution in [-0.2, 0) is 16.6 Å². The summed E-state index contributed by atoms with van der Waals surface area (Å²) >= 11 is 1.47. The molecule has 0 aliphatic carbocycles. The van der Waals surface area contributed by atoms with Crippen LogP contribution < -0.4 is 9.46 Å². The minimum Gasteiger partial charge on any atom is -0.495 e. The predicted octanol–water partition coefficient (Wildman–Crippen LogP) is 2.90. The molecular formula is C16H17N3O4S2. The second kappa shape index (κ2) is 6.95.